The van der Waals surface area contributed by atoms with Crippen LogP contribution in [0.15, 0.2) is 41.1 Å². The Morgan fingerprint density at radius 1 is 1.12 bits per heavy atom. The number of aromatic nitrogens is 1. The molecule has 16 heavy (non-hydrogen) atoms. The molecule has 2 heteroatoms. The number of pyridine rings is 1. The number of hydrogen-bond donors (Lipinski definition) is 0. The van der Waals surface area contributed by atoms with Gasteiger partial charge in [-0.3, -0.25) is 0 Å². The van der Waals surface area contributed by atoms with Crippen LogP contribution in [-0.4, -0.2) is 0 Å². The Morgan fingerprint density at radius 3 is 2.81 bits per heavy atom. The maximum absolute atomic E-state index is 3.50. The monoisotopic (exact) mass is 278 g/mol. The molecule has 0 aliphatic carbocycles. The number of benzene rings is 1. The Kier molecular flexibility index (Phi) is 3.94. The van der Waals surface area contributed by atoms with E-state index >= 15 is 0 Å². The van der Waals surface area contributed by atoms with E-state index in [1.165, 1.54) is 30.0 Å². The van der Waals surface area contributed by atoms with Gasteiger partial charge in [0.05, 0.1) is 0 Å². The van der Waals surface area contributed by atoms with Gasteiger partial charge in [-0.15, -0.1) is 0 Å². The van der Waals surface area contributed by atoms with Crippen LogP contribution in [0.2, 0.25) is 0 Å². The van der Waals surface area contributed by atoms with E-state index in [0.29, 0.717) is 0 Å². The summed E-state index contributed by atoms with van der Waals surface area (Å²) in [6, 6.07) is 8.60. The van der Waals surface area contributed by atoms with E-state index in [2.05, 4.69) is 64.1 Å². The zero-order chi connectivity index (χ0) is 11.4. The van der Waals surface area contributed by atoms with E-state index in [9.17, 15) is 0 Å². The molecule has 1 nitrogen and oxygen atoms in total. The first kappa shape index (κ1) is 11.6. The smallest absolute Gasteiger partial charge is 0.176 e. The predicted octanol–water partition coefficient (Wildman–Crippen LogP) is 4.08. The third kappa shape index (κ3) is 2.82. The molecule has 0 unspecified atom stereocenters. The van der Waals surface area contributed by atoms with Crippen molar-refractivity contribution in [1.82, 2.24) is 0 Å². The molecule has 0 atom stereocenters. The minimum Gasteiger partial charge on any atom is -0.205 e. The van der Waals surface area contributed by atoms with E-state index in [1.807, 2.05) is 0 Å². The number of nitrogens with zero attached hydrogens (tertiary/aromatic N) is 1. The molecule has 1 aromatic carbocycles. The summed E-state index contributed by atoms with van der Waals surface area (Å²) in [4.78, 5) is 0. The first-order chi connectivity index (χ1) is 7.79. The van der Waals surface area contributed by atoms with Gasteiger partial charge >= 0.3 is 0 Å². The van der Waals surface area contributed by atoms with E-state index in [1.54, 1.807) is 0 Å². The topological polar surface area (TPSA) is 3.88 Å². The Bertz CT molecular complexity index is 479. The molecule has 0 aliphatic rings. The van der Waals surface area contributed by atoms with Gasteiger partial charge in [-0.1, -0.05) is 29.3 Å². The lowest BCUT2D eigenvalue weighted by atomic mass is 10.2. The summed E-state index contributed by atoms with van der Waals surface area (Å²) in [7, 11) is 0. The molecule has 2 rings (SSSR count). The normalized spacial score (nSPS) is 10.9. The molecular weight excluding hydrogens is 262 g/mol. The van der Waals surface area contributed by atoms with Gasteiger partial charge in [0.25, 0.3) is 0 Å². The van der Waals surface area contributed by atoms with Gasteiger partial charge < -0.3 is 0 Å². The van der Waals surface area contributed by atoms with Crippen LogP contribution in [0.1, 0.15) is 26.2 Å². The fraction of sp³-hybridized carbons (Fsp3) is 0.357. The fourth-order valence-electron chi connectivity index (χ4n) is 1.89. The summed E-state index contributed by atoms with van der Waals surface area (Å²) in [5.74, 6) is 0. The minimum absolute atomic E-state index is 1.12. The zero-order valence-corrected chi connectivity index (χ0v) is 11.2. The number of fused-ring (bicyclic) bond motifs is 1. The highest BCUT2D eigenvalue weighted by atomic mass is 79.9. The van der Waals surface area contributed by atoms with Crippen LogP contribution in [0.25, 0.3) is 10.8 Å². The second-order valence-corrected chi connectivity index (χ2v) is 5.08. The molecule has 0 bridgehead atoms. The minimum atomic E-state index is 1.12. The largest absolute Gasteiger partial charge is 0.205 e. The standard InChI is InChI=1S/C14H17BrN/c1-2-3-4-8-16-9-7-12-10-14(15)6-5-13(12)11-16/h5-7,9-11H,2-4,8H2,1H3/q+1. The molecule has 0 radical (unpaired) electrons. The lowest BCUT2D eigenvalue weighted by molar-refractivity contribution is -0.696. The van der Waals surface area contributed by atoms with Crippen molar-refractivity contribution in [1.29, 1.82) is 0 Å². The van der Waals surface area contributed by atoms with Crippen molar-refractivity contribution < 1.29 is 4.57 Å². The van der Waals surface area contributed by atoms with Crippen LogP contribution >= 0.6 is 15.9 Å². The average Bonchev–Trinajstić information content (AvgIpc) is 2.29. The van der Waals surface area contributed by atoms with Gasteiger partial charge in [0, 0.05) is 22.3 Å². The number of unbranched alkanes of at least 4 members (excludes halogenated alkanes) is 2. The van der Waals surface area contributed by atoms with Crippen molar-refractivity contribution >= 4 is 26.7 Å². The highest BCUT2D eigenvalue weighted by Gasteiger charge is 2.02. The van der Waals surface area contributed by atoms with E-state index < -0.39 is 0 Å². The second-order valence-electron chi connectivity index (χ2n) is 4.16. The first-order valence-electron chi connectivity index (χ1n) is 5.88. The Hall–Kier alpha value is -0.890. The molecule has 0 amide bonds. The number of halogens is 1. The van der Waals surface area contributed by atoms with Gasteiger partial charge in [-0.25, -0.2) is 4.57 Å². The second kappa shape index (κ2) is 5.44. The van der Waals surface area contributed by atoms with Crippen molar-refractivity contribution in [2.75, 3.05) is 0 Å². The Morgan fingerprint density at radius 2 is 2.00 bits per heavy atom. The molecule has 2 aromatic rings. The molecule has 0 saturated heterocycles. The number of hydrogen-bond acceptors (Lipinski definition) is 0. The van der Waals surface area contributed by atoms with Gasteiger partial charge in [-0.2, -0.15) is 0 Å². The summed E-state index contributed by atoms with van der Waals surface area (Å²) in [5.41, 5.74) is 0. The lowest BCUT2D eigenvalue weighted by Crippen LogP contribution is -2.32. The van der Waals surface area contributed by atoms with Crippen LogP contribution in [0.5, 0.6) is 0 Å². The fourth-order valence-corrected chi connectivity index (χ4v) is 2.27. The Balaban J connectivity index is 2.20. The third-order valence-corrected chi connectivity index (χ3v) is 3.31. The summed E-state index contributed by atoms with van der Waals surface area (Å²) >= 11 is 3.50. The molecule has 1 heterocycles. The highest BCUT2D eigenvalue weighted by Crippen LogP contribution is 2.17. The van der Waals surface area contributed by atoms with Crippen molar-refractivity contribution in [3.63, 3.8) is 0 Å². The summed E-state index contributed by atoms with van der Waals surface area (Å²) < 4.78 is 3.43. The van der Waals surface area contributed by atoms with Gasteiger partial charge in [0.2, 0.25) is 0 Å². The van der Waals surface area contributed by atoms with Crippen LogP contribution in [0.4, 0.5) is 0 Å². The number of aryl methyl sites for hydroxylation is 1. The van der Waals surface area contributed by atoms with Crippen molar-refractivity contribution in [3.8, 4) is 0 Å². The van der Waals surface area contributed by atoms with E-state index in [4.69, 9.17) is 0 Å². The molecule has 0 fully saturated rings. The predicted molar refractivity (Wildman–Crippen MR) is 71.4 cm³/mol. The number of rotatable bonds is 4. The summed E-state index contributed by atoms with van der Waals surface area (Å²) in [6.07, 6.45) is 8.26. The maximum atomic E-state index is 3.50. The molecule has 0 saturated carbocycles. The lowest BCUT2D eigenvalue weighted by Gasteiger charge is -1.99. The SMILES string of the molecule is CCCCC[n+]1ccc2cc(Br)ccc2c1. The molecule has 0 aliphatic heterocycles. The highest BCUT2D eigenvalue weighted by molar-refractivity contribution is 9.10. The molecule has 0 spiro atoms. The van der Waals surface area contributed by atoms with E-state index in [0.717, 1.165) is 11.0 Å². The van der Waals surface area contributed by atoms with Crippen molar-refractivity contribution in [2.24, 2.45) is 0 Å². The van der Waals surface area contributed by atoms with Crippen LogP contribution in [-0.2, 0) is 6.54 Å². The van der Waals surface area contributed by atoms with E-state index in [-0.39, 0.29) is 0 Å². The van der Waals surface area contributed by atoms with Crippen molar-refractivity contribution in [3.05, 3.63) is 41.1 Å². The van der Waals surface area contributed by atoms with Gasteiger partial charge in [-0.05, 0) is 30.0 Å². The average molecular weight is 279 g/mol. The molecule has 84 valence electrons. The molecule has 1 aromatic heterocycles. The van der Waals surface area contributed by atoms with Crippen LogP contribution < -0.4 is 4.57 Å². The summed E-state index contributed by atoms with van der Waals surface area (Å²) in [6.45, 7) is 3.36. The quantitative estimate of drug-likeness (QED) is 0.586. The first-order valence-corrected chi connectivity index (χ1v) is 6.67. The summed E-state index contributed by atoms with van der Waals surface area (Å²) in [5, 5.41) is 2.60. The van der Waals surface area contributed by atoms with Crippen LogP contribution in [0, 0.1) is 0 Å². The Labute approximate surface area is 105 Å². The van der Waals surface area contributed by atoms with Gasteiger partial charge in [0.15, 0.2) is 12.4 Å². The zero-order valence-electron chi connectivity index (χ0n) is 9.62. The van der Waals surface area contributed by atoms with Crippen LogP contribution in [0.3, 0.4) is 0 Å². The van der Waals surface area contributed by atoms with Gasteiger partial charge in [0.1, 0.15) is 6.54 Å². The third-order valence-electron chi connectivity index (χ3n) is 2.82. The molecule has 0 N–H and O–H groups in total. The maximum Gasteiger partial charge on any atom is 0.176 e. The molecular formula is C14H17BrN+. The van der Waals surface area contributed by atoms with Crippen molar-refractivity contribution in [2.45, 2.75) is 32.7 Å².